The molecule has 0 aliphatic carbocycles. The Hall–Kier alpha value is -3.00. The first-order valence-corrected chi connectivity index (χ1v) is 9.16. The molecule has 3 rings (SSSR count). The first-order chi connectivity index (χ1) is 13.0. The van der Waals surface area contributed by atoms with Gasteiger partial charge < -0.3 is 10.2 Å². The zero-order valence-corrected chi connectivity index (χ0v) is 15.5. The quantitative estimate of drug-likeness (QED) is 0.475. The van der Waals surface area contributed by atoms with Crippen LogP contribution in [-0.2, 0) is 0 Å². The lowest BCUT2D eigenvalue weighted by molar-refractivity contribution is -0.384. The second kappa shape index (κ2) is 8.59. The molecule has 2 aromatic rings. The number of hydrogen-bond acceptors (Lipinski definition) is 5. The predicted molar refractivity (Wildman–Crippen MR) is 109 cm³/mol. The van der Waals surface area contributed by atoms with Crippen LogP contribution in [0.3, 0.4) is 0 Å². The number of carbonyl (C=O) groups excluding carboxylic acids is 1. The Morgan fingerprint density at radius 2 is 1.81 bits per heavy atom. The van der Waals surface area contributed by atoms with Gasteiger partial charge in [-0.3, -0.25) is 20.2 Å². The van der Waals surface area contributed by atoms with Crippen molar-refractivity contribution in [3.8, 4) is 0 Å². The highest BCUT2D eigenvalue weighted by Crippen LogP contribution is 2.28. The molecule has 0 spiro atoms. The molecule has 1 saturated heterocycles. The monoisotopic (exact) mass is 384 g/mol. The van der Waals surface area contributed by atoms with Crippen LogP contribution in [0.25, 0.3) is 0 Å². The summed E-state index contributed by atoms with van der Waals surface area (Å²) in [6, 6.07) is 13.3. The van der Waals surface area contributed by atoms with E-state index in [-0.39, 0.29) is 16.4 Å². The van der Waals surface area contributed by atoms with Crippen LogP contribution in [0.4, 0.5) is 17.1 Å². The number of benzene rings is 2. The molecule has 2 aromatic carbocycles. The number of nitro groups is 1. The average molecular weight is 384 g/mol. The summed E-state index contributed by atoms with van der Waals surface area (Å²) in [4.78, 5) is 25.0. The van der Waals surface area contributed by atoms with Gasteiger partial charge in [0.2, 0.25) is 0 Å². The molecule has 1 amide bonds. The normalized spacial score (nSPS) is 13.7. The predicted octanol–water partition coefficient (Wildman–Crippen LogP) is 3.71. The lowest BCUT2D eigenvalue weighted by Crippen LogP contribution is -2.35. The van der Waals surface area contributed by atoms with Crippen LogP contribution in [0.1, 0.15) is 29.6 Å². The first kappa shape index (κ1) is 18.8. The summed E-state index contributed by atoms with van der Waals surface area (Å²) in [7, 11) is 0. The first-order valence-electron chi connectivity index (χ1n) is 8.75. The van der Waals surface area contributed by atoms with Crippen LogP contribution in [0.5, 0.6) is 0 Å². The van der Waals surface area contributed by atoms with E-state index in [1.165, 1.54) is 30.7 Å². The molecule has 0 unspecified atom stereocenters. The van der Waals surface area contributed by atoms with Gasteiger partial charge in [0.05, 0.1) is 16.3 Å². The van der Waals surface area contributed by atoms with Crippen molar-refractivity contribution >= 4 is 40.3 Å². The van der Waals surface area contributed by atoms with E-state index >= 15 is 0 Å². The maximum Gasteiger partial charge on any atom is 0.270 e. The average Bonchev–Trinajstić information content (AvgIpc) is 2.69. The fourth-order valence-corrected chi connectivity index (χ4v) is 3.28. The van der Waals surface area contributed by atoms with E-state index in [0.29, 0.717) is 0 Å². The van der Waals surface area contributed by atoms with Crippen LogP contribution in [0, 0.1) is 10.1 Å². The molecule has 2 N–H and O–H groups in total. The number of thiocarbonyl (C=S) groups is 1. The Labute approximate surface area is 162 Å². The number of amides is 1. The van der Waals surface area contributed by atoms with Gasteiger partial charge in [0, 0.05) is 30.8 Å². The van der Waals surface area contributed by atoms with Gasteiger partial charge in [0.1, 0.15) is 0 Å². The fourth-order valence-electron chi connectivity index (χ4n) is 3.08. The van der Waals surface area contributed by atoms with E-state index in [1.54, 1.807) is 0 Å². The maximum absolute atomic E-state index is 12.3. The molecule has 0 radical (unpaired) electrons. The molecule has 0 bridgehead atoms. The SMILES string of the molecule is O=C(NC(=S)Nc1ccccc1N1CCCCC1)c1cccc([N+](=O)[O-])c1. The third kappa shape index (κ3) is 4.79. The number of carbonyl (C=O) groups is 1. The third-order valence-electron chi connectivity index (χ3n) is 4.40. The van der Waals surface area contributed by atoms with E-state index in [0.717, 1.165) is 37.3 Å². The van der Waals surface area contributed by atoms with Gasteiger partial charge in [-0.1, -0.05) is 18.2 Å². The summed E-state index contributed by atoms with van der Waals surface area (Å²) in [6.45, 7) is 1.98. The van der Waals surface area contributed by atoms with Crippen LogP contribution in [-0.4, -0.2) is 29.0 Å². The molecule has 0 saturated carbocycles. The molecule has 1 fully saturated rings. The Balaban J connectivity index is 1.68. The van der Waals surface area contributed by atoms with Gasteiger partial charge in [-0.2, -0.15) is 0 Å². The summed E-state index contributed by atoms with van der Waals surface area (Å²) in [6.07, 6.45) is 3.55. The Kier molecular flexibility index (Phi) is 5.97. The number of hydrogen-bond donors (Lipinski definition) is 2. The number of para-hydroxylation sites is 2. The topological polar surface area (TPSA) is 87.5 Å². The highest BCUT2D eigenvalue weighted by atomic mass is 32.1. The van der Waals surface area contributed by atoms with Crippen LogP contribution < -0.4 is 15.5 Å². The van der Waals surface area contributed by atoms with Gasteiger partial charge in [-0.25, -0.2) is 0 Å². The second-order valence-corrected chi connectivity index (χ2v) is 6.69. The molecule has 1 aliphatic rings. The van der Waals surface area contributed by atoms with Crippen molar-refractivity contribution < 1.29 is 9.72 Å². The molecule has 0 atom stereocenters. The van der Waals surface area contributed by atoms with Crippen molar-refractivity contribution in [3.05, 3.63) is 64.2 Å². The highest BCUT2D eigenvalue weighted by molar-refractivity contribution is 7.80. The molecule has 27 heavy (non-hydrogen) atoms. The number of nitrogens with one attached hydrogen (secondary N) is 2. The number of piperidine rings is 1. The van der Waals surface area contributed by atoms with E-state index in [9.17, 15) is 14.9 Å². The smallest absolute Gasteiger partial charge is 0.270 e. The minimum atomic E-state index is -0.539. The molecule has 7 nitrogen and oxygen atoms in total. The molecular formula is C19H20N4O3S. The van der Waals surface area contributed by atoms with Crippen LogP contribution in [0.2, 0.25) is 0 Å². The zero-order valence-electron chi connectivity index (χ0n) is 14.7. The molecule has 1 heterocycles. The largest absolute Gasteiger partial charge is 0.370 e. The Morgan fingerprint density at radius 1 is 1.07 bits per heavy atom. The van der Waals surface area contributed by atoms with Gasteiger partial charge >= 0.3 is 0 Å². The van der Waals surface area contributed by atoms with E-state index in [1.807, 2.05) is 24.3 Å². The van der Waals surface area contributed by atoms with E-state index in [2.05, 4.69) is 15.5 Å². The van der Waals surface area contributed by atoms with Gasteiger partial charge in [0.25, 0.3) is 11.6 Å². The molecule has 1 aliphatic heterocycles. The summed E-state index contributed by atoms with van der Waals surface area (Å²) in [5.41, 5.74) is 1.91. The second-order valence-electron chi connectivity index (χ2n) is 6.28. The number of nitro benzene ring substituents is 1. The van der Waals surface area contributed by atoms with Crippen molar-refractivity contribution in [3.63, 3.8) is 0 Å². The van der Waals surface area contributed by atoms with Crippen molar-refractivity contribution in [2.75, 3.05) is 23.3 Å². The lowest BCUT2D eigenvalue weighted by atomic mass is 10.1. The third-order valence-corrected chi connectivity index (χ3v) is 4.60. The van der Waals surface area contributed by atoms with Gasteiger partial charge in [0.15, 0.2) is 5.11 Å². The molecular weight excluding hydrogens is 364 g/mol. The molecule has 8 heteroatoms. The summed E-state index contributed by atoms with van der Waals surface area (Å²) < 4.78 is 0. The van der Waals surface area contributed by atoms with Crippen LogP contribution in [0.15, 0.2) is 48.5 Å². The van der Waals surface area contributed by atoms with Crippen molar-refractivity contribution in [1.29, 1.82) is 0 Å². The van der Waals surface area contributed by atoms with Crippen molar-refractivity contribution in [2.45, 2.75) is 19.3 Å². The minimum absolute atomic E-state index is 0.142. The summed E-state index contributed by atoms with van der Waals surface area (Å²) >= 11 is 5.26. The van der Waals surface area contributed by atoms with Gasteiger partial charge in [-0.15, -0.1) is 0 Å². The van der Waals surface area contributed by atoms with Crippen molar-refractivity contribution in [1.82, 2.24) is 5.32 Å². The summed E-state index contributed by atoms with van der Waals surface area (Å²) in [5, 5.41) is 16.7. The summed E-state index contributed by atoms with van der Waals surface area (Å²) in [5.74, 6) is -0.494. The Bertz CT molecular complexity index is 866. The van der Waals surface area contributed by atoms with E-state index < -0.39 is 10.8 Å². The van der Waals surface area contributed by atoms with Crippen LogP contribution >= 0.6 is 12.2 Å². The number of non-ortho nitro benzene ring substituents is 1. The molecule has 140 valence electrons. The van der Waals surface area contributed by atoms with E-state index in [4.69, 9.17) is 12.2 Å². The highest BCUT2D eigenvalue weighted by Gasteiger charge is 2.16. The number of rotatable bonds is 4. The maximum atomic E-state index is 12.3. The fraction of sp³-hybridized carbons (Fsp3) is 0.263. The standard InChI is InChI=1S/C19H20N4O3S/c24-18(14-7-6-8-15(13-14)23(25)26)21-19(27)20-16-9-2-3-10-17(16)22-11-4-1-5-12-22/h2-3,6-10,13H,1,4-5,11-12H2,(H2,20,21,24,27). The minimum Gasteiger partial charge on any atom is -0.370 e. The zero-order chi connectivity index (χ0) is 19.2. The van der Waals surface area contributed by atoms with Gasteiger partial charge in [-0.05, 0) is 49.7 Å². The lowest BCUT2D eigenvalue weighted by Gasteiger charge is -2.30. The van der Waals surface area contributed by atoms with Crippen molar-refractivity contribution in [2.24, 2.45) is 0 Å². The Morgan fingerprint density at radius 3 is 2.56 bits per heavy atom. The number of anilines is 2. The number of nitrogens with zero attached hydrogens (tertiary/aromatic N) is 2. The molecule has 0 aromatic heterocycles.